The summed E-state index contributed by atoms with van der Waals surface area (Å²) >= 11 is 0. The Kier molecular flexibility index (Phi) is 12.8. The maximum Gasteiger partial charge on any atom is 0.252 e. The molecule has 4 heteroatoms. The summed E-state index contributed by atoms with van der Waals surface area (Å²) in [5, 5.41) is 12.5. The van der Waals surface area contributed by atoms with Gasteiger partial charge in [0, 0.05) is 61.5 Å². The maximum absolute atomic E-state index is 12.0. The van der Waals surface area contributed by atoms with Crippen LogP contribution in [0.1, 0.15) is 67.7 Å². The summed E-state index contributed by atoms with van der Waals surface area (Å²) in [7, 11) is 0. The average Bonchev–Trinajstić information content (AvgIpc) is 1.61. The molecule has 22 rings (SSSR count). The first-order valence-corrected chi connectivity index (χ1v) is 39.2. The molecular weight excluding hydrogens is 1370 g/mol. The Bertz CT molecular complexity index is 7890. The van der Waals surface area contributed by atoms with Crippen molar-refractivity contribution in [2.45, 2.75) is 52.4 Å². The smallest absolute Gasteiger partial charge is 0.252 e. The van der Waals surface area contributed by atoms with Crippen LogP contribution in [-0.4, -0.2) is 11.3 Å². The van der Waals surface area contributed by atoms with Gasteiger partial charge in [0.15, 0.2) is 0 Å². The molecule has 1 aromatic heterocycles. The van der Waals surface area contributed by atoms with Crippen molar-refractivity contribution < 1.29 is 15.1 Å². The number of nitrogens with zero attached hydrogens (tertiary/aromatic N) is 3. The van der Waals surface area contributed by atoms with Gasteiger partial charge in [-0.2, -0.15) is 0 Å². The maximum atomic E-state index is 12.0. The highest BCUT2D eigenvalue weighted by molar-refractivity contribution is 7.00. The average molecular weight is 1470 g/mol. The Labute approximate surface area is 681 Å². The number of hydrogen-bond donors (Lipinski definition) is 0. The number of rotatable bonds is 9. The van der Waals surface area contributed by atoms with Gasteiger partial charge in [0.05, 0.1) is 37.5 Å². The second kappa shape index (κ2) is 25.9. The van der Waals surface area contributed by atoms with E-state index < -0.39 is 71.9 Å². The molecule has 0 bridgehead atoms. The van der Waals surface area contributed by atoms with Crippen LogP contribution < -0.4 is 26.2 Å². The van der Waals surface area contributed by atoms with Crippen molar-refractivity contribution in [3.63, 3.8) is 0 Å². The van der Waals surface area contributed by atoms with Crippen LogP contribution in [-0.2, 0) is 10.8 Å². The molecule has 114 heavy (non-hydrogen) atoms. The van der Waals surface area contributed by atoms with Gasteiger partial charge in [-0.25, -0.2) is 0 Å². The van der Waals surface area contributed by atoms with Gasteiger partial charge < -0.3 is 14.4 Å². The van der Waals surface area contributed by atoms with Gasteiger partial charge in [-0.3, -0.25) is 0 Å². The molecule has 0 radical (unpaired) electrons. The second-order valence-electron chi connectivity index (χ2n) is 32.7. The number of fused-ring (bicyclic) bond motifs is 16. The van der Waals surface area contributed by atoms with Crippen molar-refractivity contribution in [1.29, 1.82) is 0 Å². The summed E-state index contributed by atoms with van der Waals surface area (Å²) in [4.78, 5) is 4.66. The molecular formula is C110H80BN3. The van der Waals surface area contributed by atoms with Crippen molar-refractivity contribution in [2.75, 3.05) is 9.80 Å². The zero-order valence-electron chi connectivity index (χ0n) is 74.9. The molecule has 0 aliphatic carbocycles. The second-order valence-corrected chi connectivity index (χ2v) is 32.7. The molecule has 0 saturated heterocycles. The van der Waals surface area contributed by atoms with Gasteiger partial charge in [0.1, 0.15) is 0 Å². The molecule has 0 fully saturated rings. The minimum absolute atomic E-state index is 0.182. The van der Waals surface area contributed by atoms with Gasteiger partial charge in [-0.1, -0.05) is 339 Å². The predicted molar refractivity (Wildman–Crippen MR) is 490 cm³/mol. The van der Waals surface area contributed by atoms with Gasteiger partial charge >= 0.3 is 0 Å². The molecule has 2 aliphatic heterocycles. The molecule has 0 N–H and O–H groups in total. The molecule has 0 unspecified atom stereocenters. The lowest BCUT2D eigenvalue weighted by Crippen LogP contribution is -2.61. The number of hydrogen-bond acceptors (Lipinski definition) is 2. The summed E-state index contributed by atoms with van der Waals surface area (Å²) in [6.07, 6.45) is 0. The monoisotopic (exact) mass is 1460 g/mol. The first-order chi connectivity index (χ1) is 60.4. The van der Waals surface area contributed by atoms with Gasteiger partial charge in [0.2, 0.25) is 0 Å². The standard InChI is InChI=1S/C110H80BN3/c1-109(2,3)83-64-96(76-33-23-32-74(59-76)69-25-9-7-10-26-69)108(97(65-83)82-51-56-91-79(62-82)48-45-73-31-15-18-36-88(73)91)113-102-58-52-75(70-27-11-8-12-28-70)63-99(102)111-98-57-53-85(112-100-41-21-19-37-94(100)95-38-20-22-42-101(95)112)68-103(98)114(105-67-84(110(4,5)6)66-104(113)106(105)111)107-92(80-49-54-89-77(60-80)46-43-71-29-13-16-34-86(71)89)39-24-40-93(107)81-50-55-90-78(61-81)47-44-72-30-14-17-35-87(72)90/h7-68H,1-6H3/i19D,20D,21D,22D,37D,38D,41D,42D,53D,57D,68D. The predicted octanol–water partition coefficient (Wildman–Crippen LogP) is 28.4. The van der Waals surface area contributed by atoms with Crippen molar-refractivity contribution in [1.82, 2.24) is 4.57 Å². The lowest BCUT2D eigenvalue weighted by atomic mass is 9.33. The van der Waals surface area contributed by atoms with Crippen molar-refractivity contribution in [3.8, 4) is 72.4 Å². The normalized spacial score (nSPS) is 14.1. The molecule has 2 aliphatic rings. The number of anilines is 6. The van der Waals surface area contributed by atoms with Crippen molar-refractivity contribution >= 4 is 144 Å². The van der Waals surface area contributed by atoms with Crippen LogP contribution >= 0.6 is 0 Å². The molecule has 0 amide bonds. The van der Waals surface area contributed by atoms with Crippen molar-refractivity contribution in [2.24, 2.45) is 0 Å². The van der Waals surface area contributed by atoms with E-state index in [1.165, 1.54) is 4.57 Å². The van der Waals surface area contributed by atoms with E-state index in [-0.39, 0.29) is 45.3 Å². The Morgan fingerprint density at radius 1 is 0.263 bits per heavy atom. The van der Waals surface area contributed by atoms with Crippen LogP contribution in [0.3, 0.4) is 0 Å². The van der Waals surface area contributed by atoms with Gasteiger partial charge in [0.25, 0.3) is 6.71 Å². The van der Waals surface area contributed by atoms with Crippen LogP contribution in [0.5, 0.6) is 0 Å². The summed E-state index contributed by atoms with van der Waals surface area (Å²) in [5.74, 6) is 0. The third kappa shape index (κ3) is 10.8. The fourth-order valence-electron chi connectivity index (χ4n) is 18.3. The van der Waals surface area contributed by atoms with E-state index in [0.29, 0.717) is 16.8 Å². The number of benzene rings is 19. The Balaban J connectivity index is 0.944. The van der Waals surface area contributed by atoms with Gasteiger partial charge in [-0.15, -0.1) is 0 Å². The summed E-state index contributed by atoms with van der Waals surface area (Å²) in [5.41, 5.74) is 16.8. The summed E-state index contributed by atoms with van der Waals surface area (Å²) < 4.78 is 113. The fourth-order valence-corrected chi connectivity index (χ4v) is 18.3. The molecule has 20 aromatic rings. The Morgan fingerprint density at radius 2 is 0.658 bits per heavy atom. The zero-order chi connectivity index (χ0) is 85.8. The molecule has 19 aromatic carbocycles. The molecule has 0 spiro atoms. The first-order valence-electron chi connectivity index (χ1n) is 44.7. The van der Waals surface area contributed by atoms with E-state index in [2.05, 4.69) is 336 Å². The highest BCUT2D eigenvalue weighted by Crippen LogP contribution is 2.56. The topological polar surface area (TPSA) is 11.4 Å². The summed E-state index contributed by atoms with van der Waals surface area (Å²) in [6, 6.07) is 105. The van der Waals surface area contributed by atoms with E-state index in [1.54, 1.807) is 0 Å². The Hall–Kier alpha value is -13.8. The van der Waals surface area contributed by atoms with Crippen LogP contribution in [0.25, 0.3) is 159 Å². The van der Waals surface area contributed by atoms with Gasteiger partial charge in [-0.05, 0) is 226 Å². The zero-order valence-corrected chi connectivity index (χ0v) is 63.9. The van der Waals surface area contributed by atoms with E-state index in [1.807, 2.05) is 24.3 Å². The number of aromatic nitrogens is 1. The third-order valence-electron chi connectivity index (χ3n) is 23.9. The number of para-hydroxylation sites is 3. The van der Waals surface area contributed by atoms with Crippen LogP contribution in [0.2, 0.25) is 0 Å². The lowest BCUT2D eigenvalue weighted by Gasteiger charge is -2.46. The fraction of sp³-hybridized carbons (Fsp3) is 0.0727. The lowest BCUT2D eigenvalue weighted by molar-refractivity contribution is 0.590. The van der Waals surface area contributed by atoms with E-state index in [0.717, 1.165) is 171 Å². The van der Waals surface area contributed by atoms with E-state index in [4.69, 9.17) is 0 Å². The Morgan fingerprint density at radius 3 is 1.18 bits per heavy atom. The highest BCUT2D eigenvalue weighted by atomic mass is 15.2. The third-order valence-corrected chi connectivity index (χ3v) is 23.9. The highest BCUT2D eigenvalue weighted by Gasteiger charge is 2.46. The first kappa shape index (κ1) is 56.4. The molecule has 538 valence electrons. The molecule has 0 saturated carbocycles. The minimum Gasteiger partial charge on any atom is -0.310 e. The van der Waals surface area contributed by atoms with E-state index >= 15 is 0 Å². The quantitative estimate of drug-likeness (QED) is 0.105. The van der Waals surface area contributed by atoms with Crippen LogP contribution in [0.15, 0.2) is 376 Å². The summed E-state index contributed by atoms with van der Waals surface area (Å²) in [6.45, 7) is 12.5. The van der Waals surface area contributed by atoms with Crippen LogP contribution in [0.4, 0.5) is 34.1 Å². The molecule has 3 nitrogen and oxygen atoms in total. The largest absolute Gasteiger partial charge is 0.310 e. The van der Waals surface area contributed by atoms with Crippen molar-refractivity contribution in [3.05, 3.63) is 387 Å². The molecule has 3 heterocycles. The minimum atomic E-state index is -0.979. The molecule has 0 atom stereocenters. The van der Waals surface area contributed by atoms with Crippen LogP contribution in [0, 0.1) is 0 Å². The SMILES string of the molecule is [2H]c1c([2H])c(-n2c3c([2H])c([2H])c([2H])c([2H])c3c3c([2H])c([2H])c([2H])c([2H])c32)c([2H])c2c1B1c3cc(-c4ccccc4)ccc3N(c3c(-c4cccc(-c5ccccc5)c4)cc(C(C)(C)C)cc3-c3ccc4c(ccc5ccccc54)c3)c3cc(C(C)(C)C)cc(c31)N2c1c(-c2ccc3c(ccc4ccccc43)c2)cccc1-c1ccc2c(ccc3ccccc32)c1. The van der Waals surface area contributed by atoms with E-state index in [9.17, 15) is 15.1 Å².